The van der Waals surface area contributed by atoms with Gasteiger partial charge in [-0.25, -0.2) is 4.98 Å². The molecule has 0 aliphatic carbocycles. The number of hydrogen-bond donors (Lipinski definition) is 2. The summed E-state index contributed by atoms with van der Waals surface area (Å²) in [7, 11) is 0. The van der Waals surface area contributed by atoms with E-state index in [1.807, 2.05) is 37.3 Å². The number of primary amides is 1. The van der Waals surface area contributed by atoms with Crippen LogP contribution >= 0.6 is 0 Å². The van der Waals surface area contributed by atoms with Crippen molar-refractivity contribution in [1.82, 2.24) is 10.3 Å². The van der Waals surface area contributed by atoms with Crippen LogP contribution < -0.4 is 11.1 Å². The highest BCUT2D eigenvalue weighted by atomic mass is 16.4. The Bertz CT molecular complexity index is 1010. The minimum absolute atomic E-state index is 0.00560. The van der Waals surface area contributed by atoms with E-state index < -0.39 is 23.0 Å². The molecule has 2 aromatic carbocycles. The van der Waals surface area contributed by atoms with Crippen molar-refractivity contribution in [2.75, 3.05) is 0 Å². The number of Topliss-reactive ketones (excluding diaryl/α,β-unsaturated/α-hetero) is 1. The molecule has 3 N–H and O–H groups in total. The average molecular weight is 407 g/mol. The molecule has 2 amide bonds. The van der Waals surface area contributed by atoms with Crippen molar-refractivity contribution in [3.8, 4) is 0 Å². The number of carbonyl (C=O) groups is 3. The molecule has 3 rings (SSSR count). The number of aromatic nitrogens is 1. The van der Waals surface area contributed by atoms with Gasteiger partial charge in [-0.15, -0.1) is 0 Å². The number of nitrogens with zero attached hydrogens (tertiary/aromatic N) is 1. The zero-order valence-electron chi connectivity index (χ0n) is 16.9. The SMILES string of the molecule is CCCCC[C@](C(N)=O)(C(=O)NCc1ccccc1)C(=O)c1nc2ccccc2o1. The molecule has 156 valence electrons. The van der Waals surface area contributed by atoms with Crippen molar-refractivity contribution >= 4 is 28.7 Å². The fourth-order valence-electron chi connectivity index (χ4n) is 3.40. The minimum atomic E-state index is -2.08. The van der Waals surface area contributed by atoms with Crippen molar-refractivity contribution in [2.24, 2.45) is 11.1 Å². The smallest absolute Gasteiger partial charge is 0.266 e. The molecule has 0 fully saturated rings. The molecule has 1 heterocycles. The number of oxazole rings is 1. The lowest BCUT2D eigenvalue weighted by Crippen LogP contribution is -2.54. The Labute approximate surface area is 174 Å². The van der Waals surface area contributed by atoms with Gasteiger partial charge in [0.05, 0.1) is 0 Å². The van der Waals surface area contributed by atoms with Gasteiger partial charge < -0.3 is 15.5 Å². The number of nitrogens with one attached hydrogen (secondary N) is 1. The highest BCUT2D eigenvalue weighted by Crippen LogP contribution is 2.31. The summed E-state index contributed by atoms with van der Waals surface area (Å²) >= 11 is 0. The number of carbonyl (C=O) groups excluding carboxylic acids is 3. The zero-order chi connectivity index (χ0) is 21.6. The van der Waals surface area contributed by atoms with E-state index in [1.54, 1.807) is 24.3 Å². The zero-order valence-corrected chi connectivity index (χ0v) is 16.9. The number of ketones is 1. The summed E-state index contributed by atoms with van der Waals surface area (Å²) in [6, 6.07) is 16.1. The van der Waals surface area contributed by atoms with Gasteiger partial charge >= 0.3 is 0 Å². The van der Waals surface area contributed by atoms with E-state index in [0.717, 1.165) is 18.4 Å². The molecule has 0 radical (unpaired) electrons. The molecule has 0 unspecified atom stereocenters. The van der Waals surface area contributed by atoms with Crippen molar-refractivity contribution < 1.29 is 18.8 Å². The average Bonchev–Trinajstić information content (AvgIpc) is 3.19. The van der Waals surface area contributed by atoms with Crippen LogP contribution in [0, 0.1) is 5.41 Å². The van der Waals surface area contributed by atoms with Gasteiger partial charge in [0.1, 0.15) is 5.52 Å². The van der Waals surface area contributed by atoms with Crippen LogP contribution in [0.25, 0.3) is 11.1 Å². The van der Waals surface area contributed by atoms with Crippen LogP contribution in [0.1, 0.15) is 48.9 Å². The van der Waals surface area contributed by atoms with Crippen molar-refractivity contribution in [3.63, 3.8) is 0 Å². The number of benzene rings is 2. The van der Waals surface area contributed by atoms with Gasteiger partial charge in [0.15, 0.2) is 11.0 Å². The third-order valence-electron chi connectivity index (χ3n) is 5.14. The monoisotopic (exact) mass is 407 g/mol. The van der Waals surface area contributed by atoms with E-state index in [-0.39, 0.29) is 18.9 Å². The molecule has 0 saturated heterocycles. The second-order valence-electron chi connectivity index (χ2n) is 7.21. The Balaban J connectivity index is 1.95. The molecule has 3 aromatic rings. The van der Waals surface area contributed by atoms with Crippen LogP contribution in [0.4, 0.5) is 0 Å². The normalized spacial score (nSPS) is 13.0. The van der Waals surface area contributed by atoms with Crippen LogP contribution in [-0.2, 0) is 16.1 Å². The Morgan fingerprint density at radius 3 is 2.40 bits per heavy atom. The Morgan fingerprint density at radius 1 is 1.03 bits per heavy atom. The lowest BCUT2D eigenvalue weighted by atomic mass is 9.76. The molecule has 1 aromatic heterocycles. The number of fused-ring (bicyclic) bond motifs is 1. The van der Waals surface area contributed by atoms with E-state index >= 15 is 0 Å². The second-order valence-corrected chi connectivity index (χ2v) is 7.21. The maximum absolute atomic E-state index is 13.4. The van der Waals surface area contributed by atoms with Crippen molar-refractivity contribution in [3.05, 3.63) is 66.1 Å². The van der Waals surface area contributed by atoms with Crippen molar-refractivity contribution in [2.45, 2.75) is 39.2 Å². The first-order chi connectivity index (χ1) is 14.5. The lowest BCUT2D eigenvalue weighted by Gasteiger charge is -2.26. The molecular weight excluding hydrogens is 382 g/mol. The number of hydrogen-bond acceptors (Lipinski definition) is 5. The number of amides is 2. The van der Waals surface area contributed by atoms with Crippen LogP contribution in [0.3, 0.4) is 0 Å². The number of para-hydroxylation sites is 2. The third kappa shape index (κ3) is 4.25. The summed E-state index contributed by atoms with van der Waals surface area (Å²) in [5, 5.41) is 2.70. The molecule has 1 atom stereocenters. The number of nitrogens with two attached hydrogens (primary N) is 1. The molecule has 0 spiro atoms. The van der Waals surface area contributed by atoms with E-state index in [4.69, 9.17) is 10.2 Å². The maximum Gasteiger partial charge on any atom is 0.266 e. The first-order valence-electron chi connectivity index (χ1n) is 10.0. The van der Waals surface area contributed by atoms with E-state index in [1.165, 1.54) is 0 Å². The highest BCUT2D eigenvalue weighted by Gasteiger charge is 2.53. The molecule has 0 aliphatic heterocycles. The molecule has 30 heavy (non-hydrogen) atoms. The summed E-state index contributed by atoms with van der Waals surface area (Å²) in [5.41, 5.74) is 5.30. The standard InChI is InChI=1S/C23H25N3O4/c1-2-3-9-14-23(21(24)28,22(29)25-15-16-10-5-4-6-11-16)19(27)20-26-17-12-7-8-13-18(17)30-20/h4-8,10-13H,2-3,9,14-15H2,1H3,(H2,24,28)(H,25,29)/t23-/m0/s1. The summed E-state index contributed by atoms with van der Waals surface area (Å²) < 4.78 is 5.56. The van der Waals surface area contributed by atoms with Gasteiger partial charge in [0.25, 0.3) is 5.89 Å². The Hall–Kier alpha value is -3.48. The Kier molecular flexibility index (Phi) is 6.61. The molecular formula is C23H25N3O4. The summed E-state index contributed by atoms with van der Waals surface area (Å²) in [6.07, 6.45) is 2.10. The first-order valence-corrected chi connectivity index (χ1v) is 10.0. The summed E-state index contributed by atoms with van der Waals surface area (Å²) in [6.45, 7) is 2.16. The second kappa shape index (κ2) is 9.35. The van der Waals surface area contributed by atoms with Crippen LogP contribution in [0.15, 0.2) is 59.0 Å². The van der Waals surface area contributed by atoms with Crippen LogP contribution in [0.5, 0.6) is 0 Å². The van der Waals surface area contributed by atoms with Gasteiger partial charge in [-0.3, -0.25) is 14.4 Å². The van der Waals surface area contributed by atoms with Gasteiger partial charge in [-0.05, 0) is 24.1 Å². The lowest BCUT2D eigenvalue weighted by molar-refractivity contribution is -0.139. The summed E-state index contributed by atoms with van der Waals surface area (Å²) in [5.74, 6) is -2.84. The summed E-state index contributed by atoms with van der Waals surface area (Å²) in [4.78, 5) is 43.4. The Morgan fingerprint density at radius 2 is 1.73 bits per heavy atom. The first kappa shape index (κ1) is 21.2. The topological polar surface area (TPSA) is 115 Å². The number of rotatable bonds is 10. The molecule has 7 heteroatoms. The maximum atomic E-state index is 13.4. The fraction of sp³-hybridized carbons (Fsp3) is 0.304. The predicted octanol–water partition coefficient (Wildman–Crippen LogP) is 3.38. The van der Waals surface area contributed by atoms with Gasteiger partial charge in [-0.1, -0.05) is 68.7 Å². The predicted molar refractivity (Wildman–Crippen MR) is 112 cm³/mol. The van der Waals surface area contributed by atoms with Crippen LogP contribution in [0.2, 0.25) is 0 Å². The molecule has 0 bridgehead atoms. The van der Waals surface area contributed by atoms with E-state index in [0.29, 0.717) is 17.5 Å². The molecule has 0 saturated carbocycles. The van der Waals surface area contributed by atoms with Crippen LogP contribution in [-0.4, -0.2) is 22.6 Å². The largest absolute Gasteiger partial charge is 0.434 e. The van der Waals surface area contributed by atoms with Gasteiger partial charge in [0.2, 0.25) is 17.6 Å². The van der Waals surface area contributed by atoms with E-state index in [2.05, 4.69) is 10.3 Å². The van der Waals surface area contributed by atoms with Crippen molar-refractivity contribution in [1.29, 1.82) is 0 Å². The third-order valence-corrected chi connectivity index (χ3v) is 5.14. The quantitative estimate of drug-likeness (QED) is 0.304. The van der Waals surface area contributed by atoms with Gasteiger partial charge in [-0.2, -0.15) is 0 Å². The minimum Gasteiger partial charge on any atom is -0.434 e. The highest BCUT2D eigenvalue weighted by molar-refractivity contribution is 6.26. The fourth-order valence-corrected chi connectivity index (χ4v) is 3.40. The van der Waals surface area contributed by atoms with Gasteiger partial charge in [0, 0.05) is 6.54 Å². The molecule has 7 nitrogen and oxygen atoms in total. The van der Waals surface area contributed by atoms with E-state index in [9.17, 15) is 14.4 Å². The number of unbranched alkanes of at least 4 members (excludes halogenated alkanes) is 2. The molecule has 0 aliphatic rings.